The van der Waals surface area contributed by atoms with Crippen molar-refractivity contribution in [2.24, 2.45) is 0 Å². The van der Waals surface area contributed by atoms with E-state index < -0.39 is 23.5 Å². The summed E-state index contributed by atoms with van der Waals surface area (Å²) in [5, 5.41) is 14.8. The molecule has 210 valence electrons. The molecule has 0 amide bonds. The number of halogens is 6. The summed E-state index contributed by atoms with van der Waals surface area (Å²) in [6, 6.07) is 10.3. The largest absolute Gasteiger partial charge is 0.416 e. The Morgan fingerprint density at radius 2 is 1.48 bits per heavy atom. The van der Waals surface area contributed by atoms with Crippen molar-refractivity contribution in [1.29, 1.82) is 0 Å². The molecule has 2 aromatic carbocycles. The minimum absolute atomic E-state index is 0.0475. The molecule has 0 saturated heterocycles. The van der Waals surface area contributed by atoms with E-state index in [1.165, 1.54) is 4.90 Å². The van der Waals surface area contributed by atoms with Gasteiger partial charge in [-0.15, -0.1) is 5.10 Å². The number of aromatic nitrogens is 5. The van der Waals surface area contributed by atoms with Crippen LogP contribution in [0.25, 0.3) is 10.9 Å². The van der Waals surface area contributed by atoms with E-state index in [2.05, 4.69) is 30.5 Å². The quantitative estimate of drug-likeness (QED) is 0.248. The Morgan fingerprint density at radius 1 is 0.825 bits per heavy atom. The second kappa shape index (κ2) is 10.0. The van der Waals surface area contributed by atoms with E-state index in [1.54, 1.807) is 6.20 Å². The lowest BCUT2D eigenvalue weighted by Crippen LogP contribution is -2.30. The average Bonchev–Trinajstić information content (AvgIpc) is 3.85. The normalized spacial score (nSPS) is 16.2. The number of alkyl halides is 6. The van der Waals surface area contributed by atoms with E-state index in [0.717, 1.165) is 59.8 Å². The molecule has 0 unspecified atom stereocenters. The van der Waals surface area contributed by atoms with Crippen molar-refractivity contribution < 1.29 is 26.3 Å². The molecule has 0 aliphatic heterocycles. The molecule has 7 nitrogen and oxygen atoms in total. The van der Waals surface area contributed by atoms with Gasteiger partial charge in [-0.05, 0) is 71.9 Å². The van der Waals surface area contributed by atoms with Crippen LogP contribution in [0.5, 0.6) is 0 Å². The number of hydrogen-bond acceptors (Lipinski definition) is 6. The maximum atomic E-state index is 13.5. The summed E-state index contributed by atoms with van der Waals surface area (Å²) in [4.78, 5) is 8.61. The fourth-order valence-corrected chi connectivity index (χ4v) is 5.14. The van der Waals surface area contributed by atoms with Gasteiger partial charge in [0, 0.05) is 43.3 Å². The number of benzene rings is 2. The molecule has 6 rings (SSSR count). The number of pyridine rings is 1. The maximum Gasteiger partial charge on any atom is 0.416 e. The van der Waals surface area contributed by atoms with Crippen LogP contribution in [-0.4, -0.2) is 42.6 Å². The van der Waals surface area contributed by atoms with E-state index in [0.29, 0.717) is 18.6 Å². The molecule has 2 aliphatic rings. The summed E-state index contributed by atoms with van der Waals surface area (Å²) in [7, 11) is 0. The Morgan fingerprint density at radius 3 is 2.05 bits per heavy atom. The van der Waals surface area contributed by atoms with E-state index in [-0.39, 0.29) is 30.7 Å². The van der Waals surface area contributed by atoms with Gasteiger partial charge in [-0.25, -0.2) is 0 Å². The number of tetrazole rings is 1. The third kappa shape index (κ3) is 5.74. The highest BCUT2D eigenvalue weighted by Crippen LogP contribution is 2.40. The van der Waals surface area contributed by atoms with Crippen molar-refractivity contribution in [2.45, 2.75) is 69.8 Å². The lowest BCUT2D eigenvalue weighted by atomic mass is 10.0. The number of H-pyrrole nitrogens is 1. The number of para-hydroxylation sites is 1. The zero-order chi connectivity index (χ0) is 28.1. The van der Waals surface area contributed by atoms with Gasteiger partial charge in [-0.1, -0.05) is 23.3 Å². The predicted molar refractivity (Wildman–Crippen MR) is 134 cm³/mol. The van der Waals surface area contributed by atoms with Crippen LogP contribution < -0.4 is 4.90 Å². The molecule has 2 aliphatic carbocycles. The third-order valence-electron chi connectivity index (χ3n) is 7.35. The summed E-state index contributed by atoms with van der Waals surface area (Å²) in [6.45, 7) is 0.469. The van der Waals surface area contributed by atoms with Crippen molar-refractivity contribution in [1.82, 2.24) is 30.5 Å². The van der Waals surface area contributed by atoms with Crippen LogP contribution in [0.4, 0.5) is 32.3 Å². The van der Waals surface area contributed by atoms with Gasteiger partial charge in [0.05, 0.1) is 16.6 Å². The van der Waals surface area contributed by atoms with Crippen LogP contribution >= 0.6 is 0 Å². The number of fused-ring (bicyclic) bond motifs is 1. The summed E-state index contributed by atoms with van der Waals surface area (Å²) < 4.78 is 81.1. The number of hydrogen-bond donors (Lipinski definition) is 1. The van der Waals surface area contributed by atoms with Crippen molar-refractivity contribution in [3.05, 3.63) is 76.5 Å². The molecule has 0 bridgehead atoms. The highest BCUT2D eigenvalue weighted by Gasteiger charge is 2.40. The fraction of sp³-hybridized carbons (Fsp3) is 0.407. The molecule has 0 atom stereocenters. The Bertz CT molecular complexity index is 1450. The molecular formula is C27H25F6N7. The van der Waals surface area contributed by atoms with Crippen molar-refractivity contribution >= 4 is 16.9 Å². The third-order valence-corrected chi connectivity index (χ3v) is 7.35. The molecule has 2 saturated carbocycles. The smallest absolute Gasteiger partial charge is 0.329 e. The molecule has 1 N–H and O–H groups in total. The number of nitrogens with zero attached hydrogens (tertiary/aromatic N) is 6. The predicted octanol–water partition coefficient (Wildman–Crippen LogP) is 6.12. The van der Waals surface area contributed by atoms with Crippen LogP contribution in [-0.2, 0) is 32.0 Å². The maximum absolute atomic E-state index is 13.5. The fourth-order valence-electron chi connectivity index (χ4n) is 5.14. The number of rotatable bonds is 9. The molecule has 40 heavy (non-hydrogen) atoms. The average molecular weight is 562 g/mol. The van der Waals surface area contributed by atoms with Crippen molar-refractivity contribution in [3.63, 3.8) is 0 Å². The van der Waals surface area contributed by atoms with E-state index >= 15 is 0 Å². The SMILES string of the molecule is FC(F)(F)c1cc(CN(Cc2cnc3ccccc3c2CN(C2CC2)C2CC2)c2nn[nH]n2)cc(C(F)(F)F)c1. The minimum Gasteiger partial charge on any atom is -0.329 e. The lowest BCUT2D eigenvalue weighted by molar-refractivity contribution is -0.143. The Labute approximate surface area is 225 Å². The van der Waals surface area contributed by atoms with Crippen molar-refractivity contribution in [3.8, 4) is 0 Å². The van der Waals surface area contributed by atoms with Gasteiger partial charge in [0.25, 0.3) is 5.95 Å². The van der Waals surface area contributed by atoms with Crippen LogP contribution in [0.2, 0.25) is 0 Å². The first kappa shape index (κ1) is 26.5. The molecule has 2 fully saturated rings. The van der Waals surface area contributed by atoms with Gasteiger partial charge in [0.1, 0.15) is 0 Å². The Hall–Kier alpha value is -3.74. The van der Waals surface area contributed by atoms with Gasteiger partial charge in [-0.3, -0.25) is 9.88 Å². The monoisotopic (exact) mass is 561 g/mol. The highest BCUT2D eigenvalue weighted by molar-refractivity contribution is 5.83. The zero-order valence-electron chi connectivity index (χ0n) is 21.2. The Kier molecular flexibility index (Phi) is 6.64. The molecular weight excluding hydrogens is 536 g/mol. The van der Waals surface area contributed by atoms with Crippen molar-refractivity contribution in [2.75, 3.05) is 4.90 Å². The summed E-state index contributed by atoms with van der Waals surface area (Å²) >= 11 is 0. The Balaban J connectivity index is 1.39. The molecule has 0 spiro atoms. The number of anilines is 1. The standard InChI is InChI=1S/C27H25F6N7/c28-26(29,30)18-9-16(10-19(11-18)27(31,32)33)13-39(25-35-37-38-36-25)14-17-12-34-24-4-2-1-3-22(24)23(17)15-40(20-5-6-20)21-7-8-21/h1-4,9-12,20-21H,5-8,13-15H2,(H,35,36,37,38). The van der Waals surface area contributed by atoms with Crippen LogP contribution in [0, 0.1) is 0 Å². The van der Waals surface area contributed by atoms with Crippen LogP contribution in [0.15, 0.2) is 48.7 Å². The minimum atomic E-state index is -4.95. The van der Waals surface area contributed by atoms with E-state index in [4.69, 9.17) is 0 Å². The lowest BCUT2D eigenvalue weighted by Gasteiger charge is -2.27. The van der Waals surface area contributed by atoms with E-state index in [1.807, 2.05) is 24.3 Å². The number of nitrogens with one attached hydrogen (secondary N) is 1. The first-order valence-corrected chi connectivity index (χ1v) is 12.9. The first-order valence-electron chi connectivity index (χ1n) is 12.9. The molecule has 0 radical (unpaired) electrons. The molecule has 2 aromatic heterocycles. The van der Waals surface area contributed by atoms with Gasteiger partial charge in [-0.2, -0.15) is 31.6 Å². The molecule has 2 heterocycles. The van der Waals surface area contributed by atoms with Gasteiger partial charge in [0.2, 0.25) is 0 Å². The highest BCUT2D eigenvalue weighted by atomic mass is 19.4. The topological polar surface area (TPSA) is 73.8 Å². The summed E-state index contributed by atoms with van der Waals surface area (Å²) in [5.74, 6) is 0.0475. The first-order chi connectivity index (χ1) is 19.1. The van der Waals surface area contributed by atoms with Crippen LogP contribution in [0.3, 0.4) is 0 Å². The second-order valence-corrected chi connectivity index (χ2v) is 10.4. The van der Waals surface area contributed by atoms with Crippen LogP contribution in [0.1, 0.15) is 53.5 Å². The zero-order valence-corrected chi connectivity index (χ0v) is 21.2. The molecule has 13 heteroatoms. The number of aromatic amines is 1. The van der Waals surface area contributed by atoms with E-state index in [9.17, 15) is 26.3 Å². The van der Waals surface area contributed by atoms with Gasteiger partial charge < -0.3 is 4.90 Å². The summed E-state index contributed by atoms with van der Waals surface area (Å²) in [5.41, 5.74) is -0.298. The van der Waals surface area contributed by atoms with Gasteiger partial charge >= 0.3 is 12.4 Å². The molecule has 4 aromatic rings. The second-order valence-electron chi connectivity index (χ2n) is 10.4. The summed E-state index contributed by atoms with van der Waals surface area (Å²) in [6.07, 6.45) is -3.62. The van der Waals surface area contributed by atoms with Gasteiger partial charge in [0.15, 0.2) is 0 Å².